The van der Waals surface area contributed by atoms with E-state index in [0.717, 1.165) is 16.9 Å². The Morgan fingerprint density at radius 3 is 2.96 bits per heavy atom. The molecule has 3 aromatic rings. The molecule has 0 unspecified atom stereocenters. The van der Waals surface area contributed by atoms with Gasteiger partial charge < -0.3 is 14.4 Å². The molecule has 1 heterocycles. The zero-order valence-corrected chi connectivity index (χ0v) is 15.8. The van der Waals surface area contributed by atoms with Gasteiger partial charge in [-0.3, -0.25) is 4.79 Å². The van der Waals surface area contributed by atoms with E-state index in [0.29, 0.717) is 15.8 Å². The Hall–Kier alpha value is -2.87. The van der Waals surface area contributed by atoms with Gasteiger partial charge in [-0.25, -0.2) is 10.4 Å². The number of hydrogen-bond acceptors (Lipinski definition) is 5. The molecule has 2 N–H and O–H groups in total. The summed E-state index contributed by atoms with van der Waals surface area (Å²) in [5, 5.41) is 13.8. The smallest absolute Gasteiger partial charge is 0.260 e. The van der Waals surface area contributed by atoms with Crippen molar-refractivity contribution in [3.63, 3.8) is 0 Å². The summed E-state index contributed by atoms with van der Waals surface area (Å²) in [7, 11) is 1.46. The van der Waals surface area contributed by atoms with Crippen LogP contribution in [-0.4, -0.2) is 33.9 Å². The van der Waals surface area contributed by atoms with Gasteiger partial charge in [0.1, 0.15) is 12.4 Å². The fourth-order valence-electron chi connectivity index (χ4n) is 2.58. The first-order valence-corrected chi connectivity index (χ1v) is 8.59. The maximum atomic E-state index is 12.2. The maximum absolute atomic E-state index is 12.2. The third-order valence-electron chi connectivity index (χ3n) is 3.82. The fraction of sp³-hybridized carbons (Fsp3) is 0.167. The Kier molecular flexibility index (Phi) is 5.22. The van der Waals surface area contributed by atoms with Crippen molar-refractivity contribution in [3.8, 4) is 11.5 Å². The molecule has 1 amide bonds. The van der Waals surface area contributed by atoms with Crippen molar-refractivity contribution in [2.24, 2.45) is 5.10 Å². The zero-order valence-electron chi connectivity index (χ0n) is 14.2. The van der Waals surface area contributed by atoms with Crippen LogP contribution in [0.1, 0.15) is 11.4 Å². The minimum absolute atomic E-state index is 0.0103. The van der Waals surface area contributed by atoms with Crippen LogP contribution in [0.2, 0.25) is 0 Å². The number of rotatable bonds is 5. The molecule has 1 aromatic heterocycles. The van der Waals surface area contributed by atoms with E-state index < -0.39 is 0 Å². The number of aromatic nitrogens is 2. The average molecular weight is 417 g/mol. The number of halogens is 1. The number of amides is 1. The number of nitrogens with zero attached hydrogens (tertiary/aromatic N) is 3. The van der Waals surface area contributed by atoms with E-state index in [4.69, 9.17) is 4.74 Å². The summed E-state index contributed by atoms with van der Waals surface area (Å²) >= 11 is 3.24. The van der Waals surface area contributed by atoms with E-state index in [9.17, 15) is 9.90 Å². The van der Waals surface area contributed by atoms with Crippen molar-refractivity contribution < 1.29 is 14.6 Å². The number of hydrazone groups is 1. The molecular weight excluding hydrogens is 400 g/mol. The number of ether oxygens (including phenoxy) is 1. The lowest BCUT2D eigenvalue weighted by Gasteiger charge is -2.07. The lowest BCUT2D eigenvalue weighted by atomic mass is 10.2. The molecule has 0 aliphatic heterocycles. The average Bonchev–Trinajstić information content (AvgIpc) is 2.93. The fourth-order valence-corrected chi connectivity index (χ4v) is 3.04. The lowest BCUT2D eigenvalue weighted by Crippen LogP contribution is -2.23. The predicted octanol–water partition coefficient (Wildman–Crippen LogP) is 2.97. The molecule has 3 rings (SSSR count). The van der Waals surface area contributed by atoms with Gasteiger partial charge in [-0.1, -0.05) is 12.1 Å². The molecule has 134 valence electrons. The van der Waals surface area contributed by atoms with Crippen molar-refractivity contribution in [2.75, 3.05) is 7.11 Å². The summed E-state index contributed by atoms with van der Waals surface area (Å²) in [5.74, 6) is 0.818. The first kappa shape index (κ1) is 17.9. The highest BCUT2D eigenvalue weighted by Crippen LogP contribution is 2.34. The quantitative estimate of drug-likeness (QED) is 0.494. The first-order valence-electron chi connectivity index (χ1n) is 7.80. The summed E-state index contributed by atoms with van der Waals surface area (Å²) in [5.41, 5.74) is 4.91. The second-order valence-corrected chi connectivity index (χ2v) is 6.43. The van der Waals surface area contributed by atoms with Crippen molar-refractivity contribution in [1.82, 2.24) is 15.0 Å². The molecule has 0 aliphatic rings. The summed E-state index contributed by atoms with van der Waals surface area (Å²) in [6, 6.07) is 10.9. The van der Waals surface area contributed by atoms with E-state index in [2.05, 4.69) is 31.4 Å². The zero-order chi connectivity index (χ0) is 18.7. The molecule has 2 aromatic carbocycles. The number of fused-ring (bicyclic) bond motifs is 1. The molecule has 0 atom stereocenters. The maximum Gasteiger partial charge on any atom is 0.260 e. The topological polar surface area (TPSA) is 88.7 Å². The predicted molar refractivity (Wildman–Crippen MR) is 103 cm³/mol. The van der Waals surface area contributed by atoms with Crippen LogP contribution in [0.15, 0.2) is 46.0 Å². The van der Waals surface area contributed by atoms with Gasteiger partial charge >= 0.3 is 0 Å². The van der Waals surface area contributed by atoms with Gasteiger partial charge in [-0.15, -0.1) is 0 Å². The summed E-state index contributed by atoms with van der Waals surface area (Å²) in [4.78, 5) is 16.6. The van der Waals surface area contributed by atoms with E-state index in [1.807, 2.05) is 35.8 Å². The van der Waals surface area contributed by atoms with Crippen molar-refractivity contribution in [3.05, 3.63) is 52.3 Å². The number of phenols is 1. The van der Waals surface area contributed by atoms with Crippen LogP contribution < -0.4 is 10.2 Å². The van der Waals surface area contributed by atoms with E-state index >= 15 is 0 Å². The van der Waals surface area contributed by atoms with Gasteiger partial charge in [0, 0.05) is 0 Å². The molecule has 26 heavy (non-hydrogen) atoms. The number of aromatic hydroxyl groups is 1. The Morgan fingerprint density at radius 2 is 2.19 bits per heavy atom. The standard InChI is InChI=1S/C18H17BrN4O3/c1-11-21-14-5-3-4-6-15(14)23(11)10-17(24)22-20-9-12-7-13(19)18(25)16(8-12)26-2/h3-9,25H,10H2,1-2H3,(H,22,24)/b20-9-. The van der Waals surface area contributed by atoms with Crippen LogP contribution in [0.5, 0.6) is 11.5 Å². The highest BCUT2D eigenvalue weighted by Gasteiger charge is 2.10. The molecule has 0 bridgehead atoms. The van der Waals surface area contributed by atoms with Crippen molar-refractivity contribution in [1.29, 1.82) is 0 Å². The van der Waals surface area contributed by atoms with Crippen molar-refractivity contribution in [2.45, 2.75) is 13.5 Å². The van der Waals surface area contributed by atoms with Crippen LogP contribution in [0, 0.1) is 6.92 Å². The number of phenolic OH excluding ortho intramolecular Hbond substituents is 1. The SMILES string of the molecule is COc1cc(/C=N\NC(=O)Cn2c(C)nc3ccccc32)cc(Br)c1O. The summed E-state index contributed by atoms with van der Waals surface area (Å²) in [6.45, 7) is 1.98. The summed E-state index contributed by atoms with van der Waals surface area (Å²) in [6.07, 6.45) is 1.48. The number of carbonyl (C=O) groups is 1. The number of para-hydroxylation sites is 2. The van der Waals surface area contributed by atoms with Gasteiger partial charge in [0.25, 0.3) is 5.91 Å². The Bertz CT molecular complexity index is 998. The third-order valence-corrected chi connectivity index (χ3v) is 4.43. The van der Waals surface area contributed by atoms with Crippen LogP contribution in [-0.2, 0) is 11.3 Å². The highest BCUT2D eigenvalue weighted by atomic mass is 79.9. The molecule has 8 heteroatoms. The van der Waals surface area contributed by atoms with Crippen LogP contribution in [0.4, 0.5) is 0 Å². The molecule has 0 saturated heterocycles. The minimum Gasteiger partial charge on any atom is -0.503 e. The lowest BCUT2D eigenvalue weighted by molar-refractivity contribution is -0.121. The second-order valence-electron chi connectivity index (χ2n) is 5.58. The van der Waals surface area contributed by atoms with Crippen molar-refractivity contribution >= 4 is 39.1 Å². The molecule has 0 aliphatic carbocycles. The Labute approximate surface area is 158 Å². The Morgan fingerprint density at radius 1 is 1.42 bits per heavy atom. The van der Waals surface area contributed by atoms with E-state index in [1.165, 1.54) is 13.3 Å². The molecule has 0 saturated carbocycles. The van der Waals surface area contributed by atoms with Crippen LogP contribution in [0.3, 0.4) is 0 Å². The van der Waals surface area contributed by atoms with E-state index in [1.54, 1.807) is 12.1 Å². The van der Waals surface area contributed by atoms with Gasteiger partial charge in [-0.2, -0.15) is 5.10 Å². The highest BCUT2D eigenvalue weighted by molar-refractivity contribution is 9.10. The summed E-state index contributed by atoms with van der Waals surface area (Å²) < 4.78 is 7.39. The van der Waals surface area contributed by atoms with Gasteiger partial charge in [0.15, 0.2) is 11.5 Å². The molecular formula is C18H17BrN4O3. The number of methoxy groups -OCH3 is 1. The normalized spacial score (nSPS) is 11.2. The van der Waals surface area contributed by atoms with Gasteiger partial charge in [0.05, 0.1) is 28.8 Å². The largest absolute Gasteiger partial charge is 0.503 e. The minimum atomic E-state index is -0.266. The monoisotopic (exact) mass is 416 g/mol. The number of hydrogen-bond donors (Lipinski definition) is 2. The molecule has 0 fully saturated rings. The van der Waals surface area contributed by atoms with Crippen LogP contribution >= 0.6 is 15.9 Å². The number of nitrogens with one attached hydrogen (secondary N) is 1. The molecule has 7 nitrogen and oxygen atoms in total. The first-order chi connectivity index (χ1) is 12.5. The molecule has 0 radical (unpaired) electrons. The Balaban J connectivity index is 1.70. The third kappa shape index (κ3) is 3.70. The molecule has 0 spiro atoms. The van der Waals surface area contributed by atoms with Gasteiger partial charge in [-0.05, 0) is 52.7 Å². The van der Waals surface area contributed by atoms with Crippen LogP contribution in [0.25, 0.3) is 11.0 Å². The number of imidazole rings is 1. The second kappa shape index (κ2) is 7.57. The van der Waals surface area contributed by atoms with Gasteiger partial charge in [0.2, 0.25) is 0 Å². The number of carbonyl (C=O) groups excluding carboxylic acids is 1. The number of aryl methyl sites for hydroxylation is 1. The number of benzene rings is 2. The van der Waals surface area contributed by atoms with E-state index in [-0.39, 0.29) is 18.2 Å².